The van der Waals surface area contributed by atoms with Crippen LogP contribution in [0.15, 0.2) is 18.2 Å². The summed E-state index contributed by atoms with van der Waals surface area (Å²) in [6.07, 6.45) is 0.750. The number of amides is 2. The van der Waals surface area contributed by atoms with Crippen molar-refractivity contribution in [3.8, 4) is 5.75 Å². The highest BCUT2D eigenvalue weighted by molar-refractivity contribution is 6.17. The standard InChI is InChI=1S/C12H17ClN2O2/c1-9-4-5-11(17-2)10(8-9)15-12(16)14-7-3-6-13/h4-5,8H,3,6-7H2,1-2H3,(H2,14,15,16). The fourth-order valence-electron chi connectivity index (χ4n) is 1.35. The summed E-state index contributed by atoms with van der Waals surface area (Å²) in [5.41, 5.74) is 1.72. The van der Waals surface area contributed by atoms with Gasteiger partial charge in [0.25, 0.3) is 0 Å². The maximum Gasteiger partial charge on any atom is 0.319 e. The zero-order chi connectivity index (χ0) is 12.7. The SMILES string of the molecule is COc1ccc(C)cc1NC(=O)NCCCCl. The summed E-state index contributed by atoms with van der Waals surface area (Å²) < 4.78 is 5.16. The number of methoxy groups -OCH3 is 1. The number of carbonyl (C=O) groups is 1. The van der Waals surface area contributed by atoms with Gasteiger partial charge >= 0.3 is 6.03 Å². The molecular formula is C12H17ClN2O2. The lowest BCUT2D eigenvalue weighted by molar-refractivity contribution is 0.252. The van der Waals surface area contributed by atoms with Crippen molar-refractivity contribution in [2.45, 2.75) is 13.3 Å². The first-order valence-electron chi connectivity index (χ1n) is 5.43. The Morgan fingerprint density at radius 1 is 1.47 bits per heavy atom. The van der Waals surface area contributed by atoms with E-state index in [0.29, 0.717) is 23.9 Å². The van der Waals surface area contributed by atoms with Crippen LogP contribution < -0.4 is 15.4 Å². The van der Waals surface area contributed by atoms with Crippen LogP contribution in [0.5, 0.6) is 5.75 Å². The van der Waals surface area contributed by atoms with E-state index in [1.54, 1.807) is 7.11 Å². The molecular weight excluding hydrogens is 240 g/mol. The van der Waals surface area contributed by atoms with Crippen LogP contribution in [0.3, 0.4) is 0 Å². The molecule has 1 rings (SSSR count). The molecule has 0 spiro atoms. The van der Waals surface area contributed by atoms with Gasteiger partial charge < -0.3 is 15.4 Å². The zero-order valence-electron chi connectivity index (χ0n) is 10.0. The quantitative estimate of drug-likeness (QED) is 0.629. The van der Waals surface area contributed by atoms with Crippen molar-refractivity contribution >= 4 is 23.3 Å². The number of alkyl halides is 1. The summed E-state index contributed by atoms with van der Waals surface area (Å²) in [4.78, 5) is 11.5. The minimum absolute atomic E-state index is 0.251. The first-order chi connectivity index (χ1) is 8.17. The van der Waals surface area contributed by atoms with E-state index < -0.39 is 0 Å². The molecule has 0 saturated heterocycles. The molecule has 2 N–H and O–H groups in total. The van der Waals surface area contributed by atoms with Gasteiger partial charge in [0, 0.05) is 12.4 Å². The number of hydrogen-bond donors (Lipinski definition) is 2. The molecule has 94 valence electrons. The summed E-state index contributed by atoms with van der Waals surface area (Å²) in [5, 5.41) is 5.46. The van der Waals surface area contributed by atoms with Gasteiger partial charge in [0.15, 0.2) is 0 Å². The van der Waals surface area contributed by atoms with Gasteiger partial charge in [0.2, 0.25) is 0 Å². The monoisotopic (exact) mass is 256 g/mol. The Balaban J connectivity index is 2.60. The Hall–Kier alpha value is -1.42. The third kappa shape index (κ3) is 4.53. The number of benzene rings is 1. The molecule has 4 nitrogen and oxygen atoms in total. The molecule has 0 bridgehead atoms. The molecule has 0 aliphatic rings. The maximum absolute atomic E-state index is 11.5. The average Bonchev–Trinajstić information content (AvgIpc) is 2.29. The molecule has 0 unspecified atom stereocenters. The molecule has 0 saturated carbocycles. The Bertz CT molecular complexity index is 383. The van der Waals surface area contributed by atoms with Crippen LogP contribution >= 0.6 is 11.6 Å². The van der Waals surface area contributed by atoms with Crippen molar-refractivity contribution in [2.75, 3.05) is 24.9 Å². The molecule has 0 aliphatic heterocycles. The summed E-state index contributed by atoms with van der Waals surface area (Å²) in [5.74, 6) is 1.18. The number of urea groups is 1. The van der Waals surface area contributed by atoms with E-state index in [9.17, 15) is 4.79 Å². The zero-order valence-corrected chi connectivity index (χ0v) is 10.8. The highest BCUT2D eigenvalue weighted by atomic mass is 35.5. The van der Waals surface area contributed by atoms with E-state index >= 15 is 0 Å². The highest BCUT2D eigenvalue weighted by Gasteiger charge is 2.06. The van der Waals surface area contributed by atoms with E-state index in [4.69, 9.17) is 16.3 Å². The molecule has 17 heavy (non-hydrogen) atoms. The van der Waals surface area contributed by atoms with Crippen LogP contribution in [-0.2, 0) is 0 Å². The Morgan fingerprint density at radius 2 is 2.24 bits per heavy atom. The van der Waals surface area contributed by atoms with Crippen LogP contribution in [0.4, 0.5) is 10.5 Å². The van der Waals surface area contributed by atoms with Crippen LogP contribution in [0.1, 0.15) is 12.0 Å². The van der Waals surface area contributed by atoms with E-state index in [-0.39, 0.29) is 6.03 Å². The van der Waals surface area contributed by atoms with Gasteiger partial charge in [-0.05, 0) is 31.0 Å². The first-order valence-corrected chi connectivity index (χ1v) is 5.96. The third-order valence-electron chi connectivity index (χ3n) is 2.20. The minimum Gasteiger partial charge on any atom is -0.495 e. The van der Waals surface area contributed by atoms with Crippen LogP contribution in [0.2, 0.25) is 0 Å². The van der Waals surface area contributed by atoms with Gasteiger partial charge in [-0.15, -0.1) is 11.6 Å². The largest absolute Gasteiger partial charge is 0.495 e. The van der Waals surface area contributed by atoms with Gasteiger partial charge in [-0.2, -0.15) is 0 Å². The molecule has 1 aromatic rings. The molecule has 0 aromatic heterocycles. The molecule has 5 heteroatoms. The second-order valence-electron chi connectivity index (χ2n) is 3.63. The van der Waals surface area contributed by atoms with Gasteiger partial charge in [-0.3, -0.25) is 0 Å². The lowest BCUT2D eigenvalue weighted by Gasteiger charge is -2.11. The smallest absolute Gasteiger partial charge is 0.319 e. The van der Waals surface area contributed by atoms with Crippen LogP contribution in [0, 0.1) is 6.92 Å². The Morgan fingerprint density at radius 3 is 2.88 bits per heavy atom. The third-order valence-corrected chi connectivity index (χ3v) is 2.47. The summed E-state index contributed by atoms with van der Waals surface area (Å²) >= 11 is 5.52. The van der Waals surface area contributed by atoms with E-state index in [1.807, 2.05) is 25.1 Å². The van der Waals surface area contributed by atoms with Crippen LogP contribution in [0.25, 0.3) is 0 Å². The molecule has 0 fully saturated rings. The lowest BCUT2D eigenvalue weighted by Crippen LogP contribution is -2.29. The molecule has 2 amide bonds. The van der Waals surface area contributed by atoms with Gasteiger partial charge in [-0.1, -0.05) is 6.07 Å². The molecule has 1 aromatic carbocycles. The second kappa shape index (κ2) is 7.01. The van der Waals surface area contributed by atoms with Crippen molar-refractivity contribution in [1.29, 1.82) is 0 Å². The van der Waals surface area contributed by atoms with E-state index in [1.165, 1.54) is 0 Å². The lowest BCUT2D eigenvalue weighted by atomic mass is 10.2. The predicted molar refractivity (Wildman–Crippen MR) is 70.1 cm³/mol. The molecule has 0 aliphatic carbocycles. The number of nitrogens with one attached hydrogen (secondary N) is 2. The number of ether oxygens (including phenoxy) is 1. The number of hydrogen-bond acceptors (Lipinski definition) is 2. The van der Waals surface area contributed by atoms with Crippen molar-refractivity contribution in [3.05, 3.63) is 23.8 Å². The summed E-state index contributed by atoms with van der Waals surface area (Å²) in [6, 6.07) is 5.36. The highest BCUT2D eigenvalue weighted by Crippen LogP contribution is 2.24. The number of rotatable bonds is 5. The molecule has 0 radical (unpaired) electrons. The fourth-order valence-corrected chi connectivity index (χ4v) is 1.49. The predicted octanol–water partition coefficient (Wildman–Crippen LogP) is 2.75. The topological polar surface area (TPSA) is 50.4 Å². The normalized spacial score (nSPS) is 9.82. The van der Waals surface area contributed by atoms with Gasteiger partial charge in [-0.25, -0.2) is 4.79 Å². The Kier molecular flexibility index (Phi) is 5.63. The number of anilines is 1. The van der Waals surface area contributed by atoms with E-state index in [2.05, 4.69) is 10.6 Å². The van der Waals surface area contributed by atoms with Crippen molar-refractivity contribution in [1.82, 2.24) is 5.32 Å². The maximum atomic E-state index is 11.5. The summed E-state index contributed by atoms with van der Waals surface area (Å²) in [6.45, 7) is 2.51. The second-order valence-corrected chi connectivity index (χ2v) is 4.01. The van der Waals surface area contributed by atoms with Crippen molar-refractivity contribution in [2.24, 2.45) is 0 Å². The summed E-state index contributed by atoms with van der Waals surface area (Å²) in [7, 11) is 1.57. The molecule has 0 atom stereocenters. The van der Waals surface area contributed by atoms with Crippen molar-refractivity contribution < 1.29 is 9.53 Å². The Labute approximate surface area is 106 Å². The number of carbonyl (C=O) groups excluding carboxylic acids is 1. The molecule has 0 heterocycles. The van der Waals surface area contributed by atoms with Gasteiger partial charge in [0.05, 0.1) is 12.8 Å². The van der Waals surface area contributed by atoms with E-state index in [0.717, 1.165) is 12.0 Å². The first kappa shape index (κ1) is 13.6. The average molecular weight is 257 g/mol. The van der Waals surface area contributed by atoms with Gasteiger partial charge in [0.1, 0.15) is 5.75 Å². The van der Waals surface area contributed by atoms with Crippen molar-refractivity contribution in [3.63, 3.8) is 0 Å². The number of halogens is 1. The van der Waals surface area contributed by atoms with Crippen LogP contribution in [-0.4, -0.2) is 25.6 Å². The fraction of sp³-hybridized carbons (Fsp3) is 0.417. The number of aryl methyl sites for hydroxylation is 1. The minimum atomic E-state index is -0.251.